The number of aromatic nitrogens is 2. The molecule has 0 saturated heterocycles. The molecule has 0 saturated carbocycles. The van der Waals surface area contributed by atoms with Crippen LogP contribution in [0.2, 0.25) is 0 Å². The van der Waals surface area contributed by atoms with Gasteiger partial charge in [-0.05, 0) is 24.5 Å². The van der Waals surface area contributed by atoms with Crippen LogP contribution in [0.5, 0.6) is 0 Å². The number of benzene rings is 1. The van der Waals surface area contributed by atoms with Gasteiger partial charge in [0.05, 0.1) is 17.2 Å². The number of hydrogen-bond donors (Lipinski definition) is 2. The van der Waals surface area contributed by atoms with Gasteiger partial charge in [0, 0.05) is 18.0 Å². The van der Waals surface area contributed by atoms with Crippen LogP contribution in [0.25, 0.3) is 5.57 Å². The maximum Gasteiger partial charge on any atom is 0.244 e. The fraction of sp³-hybridized carbons (Fsp3) is 0.190. The molecule has 0 radical (unpaired) electrons. The van der Waals surface area contributed by atoms with Crippen molar-refractivity contribution in [3.05, 3.63) is 83.0 Å². The Morgan fingerprint density at radius 3 is 2.89 bits per heavy atom. The molecular formula is C21H22N4O2S. The zero-order chi connectivity index (χ0) is 19.8. The van der Waals surface area contributed by atoms with Crippen LogP contribution in [0.3, 0.4) is 0 Å². The Bertz CT molecular complexity index is 932. The van der Waals surface area contributed by atoms with Gasteiger partial charge in [0.2, 0.25) is 11.8 Å². The molecule has 0 fully saturated rings. The van der Waals surface area contributed by atoms with E-state index < -0.39 is 6.04 Å². The molecule has 3 aromatic rings. The first-order valence-electron chi connectivity index (χ1n) is 8.89. The molecule has 6 nitrogen and oxygen atoms in total. The summed E-state index contributed by atoms with van der Waals surface area (Å²) in [6.07, 6.45) is 4.24. The summed E-state index contributed by atoms with van der Waals surface area (Å²) in [4.78, 5) is 17.1. The summed E-state index contributed by atoms with van der Waals surface area (Å²) in [6, 6.07) is 11.1. The number of anilines is 1. The summed E-state index contributed by atoms with van der Waals surface area (Å²) in [5.74, 6) is 0.0950. The first-order chi connectivity index (χ1) is 13.7. The highest BCUT2D eigenvalue weighted by molar-refractivity contribution is 7.07. The van der Waals surface area contributed by atoms with Crippen molar-refractivity contribution in [2.75, 3.05) is 5.32 Å². The zero-order valence-corrected chi connectivity index (χ0v) is 16.4. The van der Waals surface area contributed by atoms with Crippen molar-refractivity contribution in [1.82, 2.24) is 15.5 Å². The van der Waals surface area contributed by atoms with Gasteiger partial charge in [-0.25, -0.2) is 4.98 Å². The standard InChI is InChI=1S/C21H22N4O2S/c1-3-7-15(2)18-11-20(27-25-18)24-21(26)19(10-16-8-5-4-6-9-16)22-12-17-13-28-14-23-17/h3-9,11,13-14,19,22H,2,10,12H2,1H3,(H,24,26). The number of allylic oxidation sites excluding steroid dienone is 3. The number of nitrogens with zero attached hydrogens (tertiary/aromatic N) is 2. The summed E-state index contributed by atoms with van der Waals surface area (Å²) < 4.78 is 5.24. The van der Waals surface area contributed by atoms with Gasteiger partial charge in [0.1, 0.15) is 5.69 Å². The van der Waals surface area contributed by atoms with E-state index in [1.54, 1.807) is 11.6 Å². The predicted molar refractivity (Wildman–Crippen MR) is 112 cm³/mol. The molecule has 1 amide bonds. The summed E-state index contributed by atoms with van der Waals surface area (Å²) in [5.41, 5.74) is 5.04. The number of thiazole rings is 1. The van der Waals surface area contributed by atoms with Crippen LogP contribution in [0.1, 0.15) is 23.9 Å². The molecule has 1 aromatic carbocycles. The van der Waals surface area contributed by atoms with Crippen molar-refractivity contribution in [2.45, 2.75) is 25.9 Å². The van der Waals surface area contributed by atoms with Crippen LogP contribution >= 0.6 is 11.3 Å². The third-order valence-corrected chi connectivity index (χ3v) is 4.70. The fourth-order valence-electron chi connectivity index (χ4n) is 2.64. The fourth-order valence-corrected chi connectivity index (χ4v) is 3.20. The molecule has 28 heavy (non-hydrogen) atoms. The summed E-state index contributed by atoms with van der Waals surface area (Å²) in [6.45, 7) is 6.32. The van der Waals surface area contributed by atoms with E-state index in [1.165, 1.54) is 11.3 Å². The molecule has 1 atom stereocenters. The Balaban J connectivity index is 1.69. The number of carbonyl (C=O) groups excluding carboxylic acids is 1. The van der Waals surface area contributed by atoms with Crippen LogP contribution in [0.15, 0.2) is 70.5 Å². The largest absolute Gasteiger partial charge is 0.338 e. The Labute approximate surface area is 168 Å². The maximum absolute atomic E-state index is 12.9. The average molecular weight is 395 g/mol. The zero-order valence-electron chi connectivity index (χ0n) is 15.6. The number of rotatable bonds is 9. The number of amides is 1. The molecular weight excluding hydrogens is 372 g/mol. The van der Waals surface area contributed by atoms with E-state index in [4.69, 9.17) is 4.52 Å². The minimum Gasteiger partial charge on any atom is -0.338 e. The molecule has 3 rings (SSSR count). The second-order valence-electron chi connectivity index (χ2n) is 6.19. The van der Waals surface area contributed by atoms with E-state index in [1.807, 2.05) is 54.8 Å². The third-order valence-electron chi connectivity index (χ3n) is 4.07. The normalized spacial score (nSPS) is 12.2. The van der Waals surface area contributed by atoms with Gasteiger partial charge in [-0.15, -0.1) is 11.3 Å². The van der Waals surface area contributed by atoms with Crippen molar-refractivity contribution < 1.29 is 9.32 Å². The van der Waals surface area contributed by atoms with Crippen LogP contribution in [-0.4, -0.2) is 22.1 Å². The monoisotopic (exact) mass is 394 g/mol. The Kier molecular flexibility index (Phi) is 6.89. The lowest BCUT2D eigenvalue weighted by Gasteiger charge is -2.17. The first kappa shape index (κ1) is 19.7. The molecule has 0 bridgehead atoms. The molecule has 0 aliphatic carbocycles. The minimum absolute atomic E-state index is 0.196. The number of carbonyl (C=O) groups is 1. The lowest BCUT2D eigenvalue weighted by Crippen LogP contribution is -2.41. The van der Waals surface area contributed by atoms with Gasteiger partial charge in [-0.3, -0.25) is 15.4 Å². The Hall–Kier alpha value is -3.03. The SMILES string of the molecule is C=C(C=CC)c1cc(NC(=O)C(Cc2ccccc2)NCc2cscn2)on1. The highest BCUT2D eigenvalue weighted by atomic mass is 32.1. The van der Waals surface area contributed by atoms with E-state index in [0.717, 1.165) is 11.3 Å². The second kappa shape index (κ2) is 9.77. The highest BCUT2D eigenvalue weighted by Gasteiger charge is 2.20. The lowest BCUT2D eigenvalue weighted by molar-refractivity contribution is -0.118. The van der Waals surface area contributed by atoms with Crippen LogP contribution in [-0.2, 0) is 17.8 Å². The van der Waals surface area contributed by atoms with E-state index >= 15 is 0 Å². The van der Waals surface area contributed by atoms with E-state index in [0.29, 0.717) is 30.1 Å². The van der Waals surface area contributed by atoms with E-state index in [2.05, 4.69) is 27.4 Å². The summed E-state index contributed by atoms with van der Waals surface area (Å²) in [7, 11) is 0. The maximum atomic E-state index is 12.9. The van der Waals surface area contributed by atoms with E-state index in [-0.39, 0.29) is 5.91 Å². The number of nitrogens with one attached hydrogen (secondary N) is 2. The molecule has 2 aromatic heterocycles. The summed E-state index contributed by atoms with van der Waals surface area (Å²) >= 11 is 1.53. The van der Waals surface area contributed by atoms with Gasteiger partial charge >= 0.3 is 0 Å². The van der Waals surface area contributed by atoms with Crippen LogP contribution < -0.4 is 10.6 Å². The topological polar surface area (TPSA) is 80.0 Å². The lowest BCUT2D eigenvalue weighted by atomic mass is 10.1. The molecule has 144 valence electrons. The Morgan fingerprint density at radius 1 is 1.36 bits per heavy atom. The van der Waals surface area contributed by atoms with Crippen molar-refractivity contribution >= 4 is 28.7 Å². The van der Waals surface area contributed by atoms with Gasteiger partial charge < -0.3 is 4.52 Å². The molecule has 2 N–H and O–H groups in total. The molecule has 0 aliphatic rings. The summed E-state index contributed by atoms with van der Waals surface area (Å²) in [5, 5.41) is 12.0. The second-order valence-corrected chi connectivity index (χ2v) is 6.91. The van der Waals surface area contributed by atoms with Crippen molar-refractivity contribution in [3.63, 3.8) is 0 Å². The highest BCUT2D eigenvalue weighted by Crippen LogP contribution is 2.18. The van der Waals surface area contributed by atoms with Crippen molar-refractivity contribution in [1.29, 1.82) is 0 Å². The predicted octanol–water partition coefficient (Wildman–Crippen LogP) is 4.06. The van der Waals surface area contributed by atoms with Gasteiger partial charge in [0.15, 0.2) is 0 Å². The van der Waals surface area contributed by atoms with Gasteiger partial charge in [-0.2, -0.15) is 0 Å². The van der Waals surface area contributed by atoms with Crippen molar-refractivity contribution in [3.8, 4) is 0 Å². The van der Waals surface area contributed by atoms with Gasteiger partial charge in [0.25, 0.3) is 0 Å². The smallest absolute Gasteiger partial charge is 0.244 e. The minimum atomic E-state index is -0.448. The molecule has 7 heteroatoms. The average Bonchev–Trinajstić information content (AvgIpc) is 3.38. The molecule has 0 spiro atoms. The Morgan fingerprint density at radius 2 is 2.18 bits per heavy atom. The van der Waals surface area contributed by atoms with Crippen LogP contribution in [0, 0.1) is 0 Å². The molecule has 2 heterocycles. The van der Waals surface area contributed by atoms with Gasteiger partial charge in [-0.1, -0.05) is 54.2 Å². The first-order valence-corrected chi connectivity index (χ1v) is 9.84. The van der Waals surface area contributed by atoms with E-state index in [9.17, 15) is 4.79 Å². The number of hydrogen-bond acceptors (Lipinski definition) is 6. The molecule has 0 aliphatic heterocycles. The quantitative estimate of drug-likeness (QED) is 0.535. The third kappa shape index (κ3) is 5.48. The van der Waals surface area contributed by atoms with Crippen molar-refractivity contribution in [2.24, 2.45) is 0 Å². The molecule has 1 unspecified atom stereocenters. The van der Waals surface area contributed by atoms with Crippen LogP contribution in [0.4, 0.5) is 5.88 Å².